The molecule has 3 nitrogen and oxygen atoms in total. The maximum atomic E-state index is 12.7. The highest BCUT2D eigenvalue weighted by atomic mass is 19.1. The van der Waals surface area contributed by atoms with E-state index in [2.05, 4.69) is 5.32 Å². The molecule has 0 aliphatic carbocycles. The maximum Gasteiger partial charge on any atom is 0.488 e. The van der Waals surface area contributed by atoms with Gasteiger partial charge in [0.15, 0.2) is 0 Å². The Balaban J connectivity index is 1.95. The number of hydrogen-bond donors (Lipinski definition) is 3. The van der Waals surface area contributed by atoms with Gasteiger partial charge in [-0.15, -0.1) is 0 Å². The quantitative estimate of drug-likeness (QED) is 0.707. The first-order valence-electron chi connectivity index (χ1n) is 5.59. The summed E-state index contributed by atoms with van der Waals surface area (Å²) in [4.78, 5) is 0. The highest BCUT2D eigenvalue weighted by Gasteiger charge is 2.09. The minimum atomic E-state index is -1.44. The van der Waals surface area contributed by atoms with Crippen molar-refractivity contribution in [2.75, 3.05) is 5.32 Å². The van der Waals surface area contributed by atoms with Crippen LogP contribution in [0.25, 0.3) is 0 Å². The third kappa shape index (κ3) is 3.32. The standard InChI is InChI=1S/C13H13BFNO2/c15-12-5-7-13(8-6-12)16-9-10-1-3-11(4-2-10)14(17)18/h1-8,16-18H,9H2. The van der Waals surface area contributed by atoms with Crippen LogP contribution in [0.1, 0.15) is 5.56 Å². The summed E-state index contributed by atoms with van der Waals surface area (Å²) in [6.07, 6.45) is 0. The topological polar surface area (TPSA) is 52.5 Å². The Kier molecular flexibility index (Phi) is 3.97. The van der Waals surface area contributed by atoms with Gasteiger partial charge in [0.05, 0.1) is 0 Å². The summed E-state index contributed by atoms with van der Waals surface area (Å²) in [5.74, 6) is -0.262. The summed E-state index contributed by atoms with van der Waals surface area (Å²) in [5.41, 5.74) is 2.30. The molecule has 92 valence electrons. The summed E-state index contributed by atoms with van der Waals surface area (Å²) in [5, 5.41) is 21.1. The van der Waals surface area contributed by atoms with Gasteiger partial charge in [0, 0.05) is 12.2 Å². The van der Waals surface area contributed by atoms with E-state index >= 15 is 0 Å². The van der Waals surface area contributed by atoms with E-state index in [1.54, 1.807) is 24.3 Å². The van der Waals surface area contributed by atoms with Crippen LogP contribution in [-0.2, 0) is 6.54 Å². The fourth-order valence-electron chi connectivity index (χ4n) is 1.58. The number of rotatable bonds is 4. The van der Waals surface area contributed by atoms with E-state index in [1.807, 2.05) is 12.1 Å². The maximum absolute atomic E-state index is 12.7. The summed E-state index contributed by atoms with van der Waals surface area (Å²) in [6, 6.07) is 13.1. The highest BCUT2D eigenvalue weighted by Crippen LogP contribution is 2.10. The lowest BCUT2D eigenvalue weighted by Crippen LogP contribution is -2.29. The van der Waals surface area contributed by atoms with Gasteiger partial charge in [-0.05, 0) is 35.3 Å². The Bertz CT molecular complexity index is 499. The second-order valence-electron chi connectivity index (χ2n) is 3.98. The van der Waals surface area contributed by atoms with Gasteiger partial charge in [-0.3, -0.25) is 0 Å². The fourth-order valence-corrected chi connectivity index (χ4v) is 1.58. The molecule has 2 rings (SSSR count). The lowest BCUT2D eigenvalue weighted by atomic mass is 9.80. The first-order chi connectivity index (χ1) is 8.65. The van der Waals surface area contributed by atoms with Crippen molar-refractivity contribution in [1.82, 2.24) is 0 Å². The van der Waals surface area contributed by atoms with Crippen LogP contribution in [-0.4, -0.2) is 17.2 Å². The molecule has 5 heteroatoms. The Morgan fingerprint density at radius 1 is 0.944 bits per heavy atom. The molecule has 0 aromatic heterocycles. The predicted octanol–water partition coefficient (Wildman–Crippen LogP) is 1.12. The molecule has 0 saturated carbocycles. The summed E-state index contributed by atoms with van der Waals surface area (Å²) in [6.45, 7) is 0.591. The number of benzene rings is 2. The molecular weight excluding hydrogens is 232 g/mol. The van der Waals surface area contributed by atoms with Crippen molar-refractivity contribution in [3.8, 4) is 0 Å². The largest absolute Gasteiger partial charge is 0.488 e. The van der Waals surface area contributed by atoms with Crippen molar-refractivity contribution in [2.24, 2.45) is 0 Å². The molecule has 0 fully saturated rings. The van der Waals surface area contributed by atoms with E-state index in [-0.39, 0.29) is 5.82 Å². The highest BCUT2D eigenvalue weighted by molar-refractivity contribution is 6.58. The summed E-state index contributed by atoms with van der Waals surface area (Å²) < 4.78 is 12.7. The number of hydrogen-bond acceptors (Lipinski definition) is 3. The normalized spacial score (nSPS) is 10.2. The Morgan fingerprint density at radius 2 is 1.56 bits per heavy atom. The third-order valence-electron chi connectivity index (χ3n) is 2.62. The van der Waals surface area contributed by atoms with Crippen molar-refractivity contribution in [3.63, 3.8) is 0 Å². The minimum Gasteiger partial charge on any atom is -0.423 e. The van der Waals surface area contributed by atoms with Crippen LogP contribution >= 0.6 is 0 Å². The van der Waals surface area contributed by atoms with E-state index < -0.39 is 7.12 Å². The van der Waals surface area contributed by atoms with Gasteiger partial charge in [-0.1, -0.05) is 24.3 Å². The minimum absolute atomic E-state index is 0.262. The predicted molar refractivity (Wildman–Crippen MR) is 70.0 cm³/mol. The molecule has 0 spiro atoms. The van der Waals surface area contributed by atoms with Crippen LogP contribution < -0.4 is 10.8 Å². The lowest BCUT2D eigenvalue weighted by Gasteiger charge is -2.07. The van der Waals surface area contributed by atoms with E-state index in [0.717, 1.165) is 11.3 Å². The van der Waals surface area contributed by atoms with Crippen molar-refractivity contribution in [1.29, 1.82) is 0 Å². The average molecular weight is 245 g/mol. The molecular formula is C13H13BFNO2. The van der Waals surface area contributed by atoms with Crippen LogP contribution in [0, 0.1) is 5.82 Å². The van der Waals surface area contributed by atoms with Crippen LogP contribution in [0.2, 0.25) is 0 Å². The smallest absolute Gasteiger partial charge is 0.423 e. The van der Waals surface area contributed by atoms with Crippen LogP contribution in [0.3, 0.4) is 0 Å². The zero-order valence-electron chi connectivity index (χ0n) is 9.68. The summed E-state index contributed by atoms with van der Waals surface area (Å²) >= 11 is 0. The van der Waals surface area contributed by atoms with Crippen molar-refractivity contribution >= 4 is 18.3 Å². The van der Waals surface area contributed by atoms with Crippen molar-refractivity contribution < 1.29 is 14.4 Å². The van der Waals surface area contributed by atoms with Gasteiger partial charge in [0.1, 0.15) is 5.82 Å². The molecule has 0 bridgehead atoms. The van der Waals surface area contributed by atoms with Gasteiger partial charge in [0.2, 0.25) is 0 Å². The first kappa shape index (κ1) is 12.6. The van der Waals surface area contributed by atoms with Gasteiger partial charge in [0.25, 0.3) is 0 Å². The van der Waals surface area contributed by atoms with E-state index in [0.29, 0.717) is 12.0 Å². The van der Waals surface area contributed by atoms with Crippen LogP contribution in [0.4, 0.5) is 10.1 Å². The zero-order valence-corrected chi connectivity index (χ0v) is 9.68. The van der Waals surface area contributed by atoms with Gasteiger partial charge < -0.3 is 15.4 Å². The Hall–Kier alpha value is -1.85. The molecule has 18 heavy (non-hydrogen) atoms. The van der Waals surface area contributed by atoms with Gasteiger partial charge in [-0.2, -0.15) is 0 Å². The molecule has 2 aromatic carbocycles. The second-order valence-corrected chi connectivity index (χ2v) is 3.98. The lowest BCUT2D eigenvalue weighted by molar-refractivity contribution is 0.426. The molecule has 0 aliphatic rings. The van der Waals surface area contributed by atoms with E-state index in [1.165, 1.54) is 12.1 Å². The molecule has 3 N–H and O–H groups in total. The molecule has 0 atom stereocenters. The SMILES string of the molecule is OB(O)c1ccc(CNc2ccc(F)cc2)cc1. The Morgan fingerprint density at radius 3 is 2.11 bits per heavy atom. The number of halogens is 1. The van der Waals surface area contributed by atoms with Gasteiger partial charge >= 0.3 is 7.12 Å². The molecule has 2 aromatic rings. The van der Waals surface area contributed by atoms with Crippen molar-refractivity contribution in [3.05, 3.63) is 59.9 Å². The van der Waals surface area contributed by atoms with E-state index in [9.17, 15) is 4.39 Å². The van der Waals surface area contributed by atoms with Crippen molar-refractivity contribution in [2.45, 2.75) is 6.54 Å². The molecule has 0 unspecified atom stereocenters. The zero-order chi connectivity index (χ0) is 13.0. The molecule has 0 heterocycles. The Labute approximate surface area is 105 Å². The third-order valence-corrected chi connectivity index (χ3v) is 2.62. The van der Waals surface area contributed by atoms with E-state index in [4.69, 9.17) is 10.0 Å². The van der Waals surface area contributed by atoms with Crippen LogP contribution in [0.5, 0.6) is 0 Å². The average Bonchev–Trinajstić information content (AvgIpc) is 2.38. The van der Waals surface area contributed by atoms with Crippen LogP contribution in [0.15, 0.2) is 48.5 Å². The molecule has 0 radical (unpaired) electrons. The van der Waals surface area contributed by atoms with Gasteiger partial charge in [-0.25, -0.2) is 4.39 Å². The fraction of sp³-hybridized carbons (Fsp3) is 0.0769. The number of anilines is 1. The summed E-state index contributed by atoms with van der Waals surface area (Å²) in [7, 11) is -1.44. The molecule has 0 aliphatic heterocycles. The monoisotopic (exact) mass is 245 g/mol. The molecule has 0 saturated heterocycles. The molecule has 0 amide bonds. The number of nitrogens with one attached hydrogen (secondary N) is 1. The second kappa shape index (κ2) is 5.66. The first-order valence-corrected chi connectivity index (χ1v) is 5.59.